The van der Waals surface area contributed by atoms with Gasteiger partial charge in [0.05, 0.1) is 11.3 Å². The van der Waals surface area contributed by atoms with Crippen molar-refractivity contribution in [3.63, 3.8) is 0 Å². The number of carbonyl (C=O) groups excluding carboxylic acids is 1. The van der Waals surface area contributed by atoms with Crippen LogP contribution in [0.3, 0.4) is 0 Å². The van der Waals surface area contributed by atoms with Crippen LogP contribution in [0.5, 0.6) is 0 Å². The number of hydrogen-bond donors (Lipinski definition) is 2. The quantitative estimate of drug-likeness (QED) is 0.744. The molecule has 0 spiro atoms. The summed E-state index contributed by atoms with van der Waals surface area (Å²) in [4.78, 5) is 14.9. The summed E-state index contributed by atoms with van der Waals surface area (Å²) in [7, 11) is 0. The van der Waals surface area contributed by atoms with E-state index < -0.39 is 0 Å². The van der Waals surface area contributed by atoms with Gasteiger partial charge in [-0.15, -0.1) is 0 Å². The molecule has 2 heterocycles. The summed E-state index contributed by atoms with van der Waals surface area (Å²) in [5.41, 5.74) is 3.20. The third-order valence-corrected chi connectivity index (χ3v) is 2.92. The van der Waals surface area contributed by atoms with Crippen molar-refractivity contribution in [2.24, 2.45) is 0 Å². The van der Waals surface area contributed by atoms with E-state index in [0.717, 1.165) is 16.9 Å². The highest BCUT2D eigenvalue weighted by Gasteiger charge is 2.23. The first kappa shape index (κ1) is 10.2. The molecule has 2 N–H and O–H groups in total. The minimum atomic E-state index is -0.100. The van der Waals surface area contributed by atoms with Gasteiger partial charge < -0.3 is 10.3 Å². The number of anilines is 1. The van der Waals surface area contributed by atoms with Crippen LogP contribution in [0.1, 0.15) is 11.3 Å². The lowest BCUT2D eigenvalue weighted by molar-refractivity contribution is -0.110. The van der Waals surface area contributed by atoms with Crippen molar-refractivity contribution >= 4 is 34.8 Å². The lowest BCUT2D eigenvalue weighted by atomic mass is 10.1. The highest BCUT2D eigenvalue weighted by Crippen LogP contribution is 2.34. The van der Waals surface area contributed by atoms with Crippen molar-refractivity contribution < 1.29 is 4.79 Å². The Labute approximate surface area is 103 Å². The number of nitrogens with one attached hydrogen (secondary N) is 2. The molecule has 17 heavy (non-hydrogen) atoms. The first-order valence-electron chi connectivity index (χ1n) is 5.20. The average molecular weight is 245 g/mol. The minimum absolute atomic E-state index is 0.100. The van der Waals surface area contributed by atoms with Crippen LogP contribution in [0, 0.1) is 0 Å². The summed E-state index contributed by atoms with van der Waals surface area (Å²) in [6.07, 6.45) is 3.65. The van der Waals surface area contributed by atoms with E-state index in [9.17, 15) is 4.79 Å². The van der Waals surface area contributed by atoms with Gasteiger partial charge >= 0.3 is 0 Å². The second kappa shape index (κ2) is 3.79. The van der Waals surface area contributed by atoms with E-state index in [4.69, 9.17) is 11.6 Å². The van der Waals surface area contributed by atoms with Gasteiger partial charge in [-0.1, -0.05) is 17.7 Å². The third kappa shape index (κ3) is 1.74. The molecule has 4 heteroatoms. The van der Waals surface area contributed by atoms with Crippen molar-refractivity contribution in [2.75, 3.05) is 5.32 Å². The Hall–Kier alpha value is -2.00. The topological polar surface area (TPSA) is 44.9 Å². The fourth-order valence-corrected chi connectivity index (χ4v) is 2.07. The van der Waals surface area contributed by atoms with Gasteiger partial charge in [-0.2, -0.15) is 0 Å². The highest BCUT2D eigenvalue weighted by molar-refractivity contribution is 6.36. The van der Waals surface area contributed by atoms with Gasteiger partial charge in [0.15, 0.2) is 0 Å². The monoisotopic (exact) mass is 244 g/mol. The SMILES string of the molecule is O=C1Nc2cc(Cl)ccc2C1=Cc1ccc[nH]1. The summed E-state index contributed by atoms with van der Waals surface area (Å²) in [5, 5.41) is 3.41. The van der Waals surface area contributed by atoms with Crippen molar-refractivity contribution in [1.29, 1.82) is 0 Å². The van der Waals surface area contributed by atoms with E-state index in [1.165, 1.54) is 0 Å². The van der Waals surface area contributed by atoms with Gasteiger partial charge in [0, 0.05) is 22.5 Å². The molecular formula is C13H9ClN2O. The molecule has 1 aliphatic heterocycles. The number of H-pyrrole nitrogens is 1. The van der Waals surface area contributed by atoms with Crippen molar-refractivity contribution in [3.8, 4) is 0 Å². The maximum absolute atomic E-state index is 11.8. The molecule has 2 aromatic rings. The standard InChI is InChI=1S/C13H9ClN2O/c14-8-3-4-10-11(7-9-2-1-5-15-9)13(17)16-12(10)6-8/h1-7,15H,(H,16,17). The van der Waals surface area contributed by atoms with E-state index in [1.54, 1.807) is 12.1 Å². The lowest BCUT2D eigenvalue weighted by Crippen LogP contribution is -2.03. The Morgan fingerprint density at radius 2 is 2.12 bits per heavy atom. The molecule has 0 bridgehead atoms. The molecule has 0 aliphatic carbocycles. The molecule has 1 aromatic carbocycles. The first-order chi connectivity index (χ1) is 8.24. The van der Waals surface area contributed by atoms with Crippen molar-refractivity contribution in [1.82, 2.24) is 4.98 Å². The average Bonchev–Trinajstić information content (AvgIpc) is 2.88. The largest absolute Gasteiger partial charge is 0.362 e. The van der Waals surface area contributed by atoms with Crippen molar-refractivity contribution in [3.05, 3.63) is 52.8 Å². The fraction of sp³-hybridized carbons (Fsp3) is 0. The van der Waals surface area contributed by atoms with Crippen LogP contribution >= 0.6 is 11.6 Å². The minimum Gasteiger partial charge on any atom is -0.362 e. The Kier molecular flexibility index (Phi) is 2.27. The molecule has 1 aromatic heterocycles. The molecule has 0 unspecified atom stereocenters. The molecule has 84 valence electrons. The molecule has 0 fully saturated rings. The van der Waals surface area contributed by atoms with E-state index in [-0.39, 0.29) is 5.91 Å². The summed E-state index contributed by atoms with van der Waals surface area (Å²) >= 11 is 5.88. The molecule has 1 amide bonds. The summed E-state index contributed by atoms with van der Waals surface area (Å²) in [6.45, 7) is 0. The van der Waals surface area contributed by atoms with Crippen LogP contribution in [-0.4, -0.2) is 10.9 Å². The Bertz CT molecular complexity index is 614. The zero-order valence-electron chi connectivity index (χ0n) is 8.83. The molecule has 3 nitrogen and oxygen atoms in total. The number of benzene rings is 1. The van der Waals surface area contributed by atoms with Gasteiger partial charge in [-0.05, 0) is 30.3 Å². The summed E-state index contributed by atoms with van der Waals surface area (Å²) in [6, 6.07) is 9.19. The normalized spacial score (nSPS) is 16.1. The number of amides is 1. The number of rotatable bonds is 1. The van der Waals surface area contributed by atoms with E-state index in [1.807, 2.05) is 30.5 Å². The maximum Gasteiger partial charge on any atom is 0.256 e. The number of hydrogen-bond acceptors (Lipinski definition) is 1. The predicted octanol–water partition coefficient (Wildman–Crippen LogP) is 3.16. The molecule has 0 saturated carbocycles. The van der Waals surface area contributed by atoms with Gasteiger partial charge in [0.25, 0.3) is 5.91 Å². The number of aromatic nitrogens is 1. The number of halogens is 1. The Balaban J connectivity index is 2.11. The number of aromatic amines is 1. The molecule has 1 aliphatic rings. The Morgan fingerprint density at radius 1 is 1.24 bits per heavy atom. The van der Waals surface area contributed by atoms with Crippen molar-refractivity contribution in [2.45, 2.75) is 0 Å². The zero-order valence-corrected chi connectivity index (χ0v) is 9.58. The van der Waals surface area contributed by atoms with Crippen LogP contribution in [0.25, 0.3) is 11.6 Å². The fourth-order valence-electron chi connectivity index (χ4n) is 1.90. The lowest BCUT2D eigenvalue weighted by Gasteiger charge is -1.98. The molecular weight excluding hydrogens is 236 g/mol. The van der Waals surface area contributed by atoms with Crippen LogP contribution in [0.15, 0.2) is 36.5 Å². The Morgan fingerprint density at radius 3 is 2.88 bits per heavy atom. The molecule has 3 rings (SSSR count). The summed E-state index contributed by atoms with van der Waals surface area (Å²) < 4.78 is 0. The van der Waals surface area contributed by atoms with E-state index in [2.05, 4.69) is 10.3 Å². The first-order valence-corrected chi connectivity index (χ1v) is 5.58. The third-order valence-electron chi connectivity index (χ3n) is 2.69. The number of fused-ring (bicyclic) bond motifs is 1. The number of carbonyl (C=O) groups is 1. The van der Waals surface area contributed by atoms with Gasteiger partial charge in [-0.25, -0.2) is 0 Å². The summed E-state index contributed by atoms with van der Waals surface area (Å²) in [5.74, 6) is -0.100. The van der Waals surface area contributed by atoms with E-state index in [0.29, 0.717) is 10.6 Å². The van der Waals surface area contributed by atoms with E-state index >= 15 is 0 Å². The highest BCUT2D eigenvalue weighted by atomic mass is 35.5. The molecule has 0 radical (unpaired) electrons. The van der Waals surface area contributed by atoms with Crippen LogP contribution < -0.4 is 5.32 Å². The van der Waals surface area contributed by atoms with Gasteiger partial charge in [0.1, 0.15) is 0 Å². The van der Waals surface area contributed by atoms with Gasteiger partial charge in [0.2, 0.25) is 0 Å². The van der Waals surface area contributed by atoms with Crippen LogP contribution in [0.2, 0.25) is 5.02 Å². The maximum atomic E-state index is 11.8. The van der Waals surface area contributed by atoms with Gasteiger partial charge in [-0.3, -0.25) is 4.79 Å². The van der Waals surface area contributed by atoms with Crippen LogP contribution in [0.4, 0.5) is 5.69 Å². The van der Waals surface area contributed by atoms with Crippen LogP contribution in [-0.2, 0) is 4.79 Å². The second-order valence-corrected chi connectivity index (χ2v) is 4.26. The molecule has 0 saturated heterocycles. The predicted molar refractivity (Wildman–Crippen MR) is 68.7 cm³/mol. The molecule has 0 atom stereocenters. The second-order valence-electron chi connectivity index (χ2n) is 3.83. The zero-order chi connectivity index (χ0) is 11.8. The smallest absolute Gasteiger partial charge is 0.256 e.